The van der Waals surface area contributed by atoms with E-state index in [-0.39, 0.29) is 0 Å². The van der Waals surface area contributed by atoms with E-state index in [1.807, 2.05) is 24.3 Å². The summed E-state index contributed by atoms with van der Waals surface area (Å²) < 4.78 is 0. The molecular formula is C26H19N3. The summed E-state index contributed by atoms with van der Waals surface area (Å²) in [6, 6.07) is 26.0. The summed E-state index contributed by atoms with van der Waals surface area (Å²) in [6.45, 7) is 0. The Labute approximate surface area is 170 Å². The van der Waals surface area contributed by atoms with Crippen molar-refractivity contribution in [2.45, 2.75) is 12.8 Å². The van der Waals surface area contributed by atoms with Gasteiger partial charge in [0.1, 0.15) is 12.1 Å². The summed E-state index contributed by atoms with van der Waals surface area (Å²) in [6.07, 6.45) is 6.27. The van der Waals surface area contributed by atoms with Gasteiger partial charge in [0.2, 0.25) is 0 Å². The van der Waals surface area contributed by atoms with Crippen LogP contribution in [-0.4, -0.2) is 0 Å². The lowest BCUT2D eigenvalue weighted by Gasteiger charge is -2.16. The van der Waals surface area contributed by atoms with Gasteiger partial charge in [-0.3, -0.25) is 0 Å². The molecule has 0 amide bonds. The van der Waals surface area contributed by atoms with Crippen LogP contribution in [0.1, 0.15) is 35.1 Å². The topological polar surface area (TPSA) is 73.6 Å². The molecule has 1 aliphatic rings. The predicted molar refractivity (Wildman–Crippen MR) is 117 cm³/mol. The lowest BCUT2D eigenvalue weighted by molar-refractivity contribution is 1.06. The van der Waals surface area contributed by atoms with E-state index in [9.17, 15) is 5.26 Å². The Morgan fingerprint density at radius 3 is 2.21 bits per heavy atom. The minimum atomic E-state index is 0.409. The Balaban J connectivity index is 1.70. The van der Waals surface area contributed by atoms with Crippen molar-refractivity contribution >= 4 is 16.8 Å². The van der Waals surface area contributed by atoms with Crippen molar-refractivity contribution in [3.63, 3.8) is 0 Å². The van der Waals surface area contributed by atoms with Crippen molar-refractivity contribution in [1.82, 2.24) is 0 Å². The van der Waals surface area contributed by atoms with Crippen molar-refractivity contribution in [3.05, 3.63) is 101 Å². The summed E-state index contributed by atoms with van der Waals surface area (Å²) in [4.78, 5) is 0. The molecule has 4 rings (SSSR count). The zero-order valence-corrected chi connectivity index (χ0v) is 15.9. The van der Waals surface area contributed by atoms with E-state index in [0.717, 1.165) is 40.8 Å². The lowest BCUT2D eigenvalue weighted by atomic mass is 9.88. The van der Waals surface area contributed by atoms with Crippen molar-refractivity contribution in [3.8, 4) is 23.3 Å². The van der Waals surface area contributed by atoms with Crippen molar-refractivity contribution in [1.29, 1.82) is 10.5 Å². The molecule has 3 nitrogen and oxygen atoms in total. The van der Waals surface area contributed by atoms with Crippen LogP contribution < -0.4 is 5.73 Å². The third-order valence-electron chi connectivity index (χ3n) is 5.15. The number of nitrogens with zero attached hydrogens (tertiary/aromatic N) is 2. The molecule has 0 unspecified atom stereocenters. The van der Waals surface area contributed by atoms with Gasteiger partial charge in [0, 0.05) is 5.69 Å². The average Bonchev–Trinajstić information content (AvgIpc) is 2.79. The minimum absolute atomic E-state index is 0.409. The maximum absolute atomic E-state index is 9.32. The summed E-state index contributed by atoms with van der Waals surface area (Å²) in [5.74, 6) is 0. The number of benzene rings is 3. The second-order valence-corrected chi connectivity index (χ2v) is 7.06. The highest BCUT2D eigenvalue weighted by Crippen LogP contribution is 2.33. The van der Waals surface area contributed by atoms with Crippen LogP contribution in [0.15, 0.2) is 78.9 Å². The molecule has 0 aliphatic heterocycles. The van der Waals surface area contributed by atoms with Crippen LogP contribution in [-0.2, 0) is 0 Å². The van der Waals surface area contributed by atoms with Crippen LogP contribution in [0, 0.1) is 22.7 Å². The van der Waals surface area contributed by atoms with E-state index in [0.29, 0.717) is 11.1 Å². The molecule has 0 aromatic heterocycles. The molecule has 138 valence electrons. The number of hydrogen-bond donors (Lipinski definition) is 1. The van der Waals surface area contributed by atoms with Crippen LogP contribution >= 0.6 is 0 Å². The van der Waals surface area contributed by atoms with Crippen LogP contribution in [0.3, 0.4) is 0 Å². The first-order valence-electron chi connectivity index (χ1n) is 9.49. The third kappa shape index (κ3) is 3.81. The fourth-order valence-electron chi connectivity index (χ4n) is 3.66. The molecule has 3 heteroatoms. The molecule has 0 saturated carbocycles. The van der Waals surface area contributed by atoms with Gasteiger partial charge in [0.05, 0.1) is 11.1 Å². The Bertz CT molecular complexity index is 1230. The molecule has 0 fully saturated rings. The molecule has 0 spiro atoms. The van der Waals surface area contributed by atoms with Crippen molar-refractivity contribution < 1.29 is 0 Å². The predicted octanol–water partition coefficient (Wildman–Crippen LogP) is 5.94. The number of rotatable bonds is 3. The molecule has 2 N–H and O–H groups in total. The van der Waals surface area contributed by atoms with Crippen molar-refractivity contribution in [2.75, 3.05) is 5.73 Å². The van der Waals surface area contributed by atoms with E-state index < -0.39 is 0 Å². The average molecular weight is 373 g/mol. The van der Waals surface area contributed by atoms with Crippen LogP contribution in [0.25, 0.3) is 22.3 Å². The first-order chi connectivity index (χ1) is 14.2. The molecule has 0 radical (unpaired) electrons. The Hall–Kier alpha value is -4.08. The molecule has 0 atom stereocenters. The van der Waals surface area contributed by atoms with Gasteiger partial charge >= 0.3 is 0 Å². The maximum Gasteiger partial charge on any atom is 0.101 e. The second-order valence-electron chi connectivity index (χ2n) is 7.06. The monoisotopic (exact) mass is 373 g/mol. The first-order valence-corrected chi connectivity index (χ1v) is 9.49. The molecule has 0 bridgehead atoms. The van der Waals surface area contributed by atoms with Gasteiger partial charge in [-0.15, -0.1) is 0 Å². The molecule has 3 aromatic carbocycles. The van der Waals surface area contributed by atoms with E-state index in [1.54, 1.807) is 12.1 Å². The summed E-state index contributed by atoms with van der Waals surface area (Å²) in [5.41, 5.74) is 14.2. The number of nitrogens with two attached hydrogens (primary N) is 1. The molecule has 0 saturated heterocycles. The smallest absolute Gasteiger partial charge is 0.101 e. The Morgan fingerprint density at radius 2 is 1.45 bits per heavy atom. The van der Waals surface area contributed by atoms with Gasteiger partial charge in [0.25, 0.3) is 0 Å². The fraction of sp³-hybridized carbons (Fsp3) is 0.0769. The summed E-state index contributed by atoms with van der Waals surface area (Å²) in [7, 11) is 0. The standard InChI is InChI=1S/C26H19N3/c27-16-24-11-10-23(14-25(24)17-28)21-7-2-5-19(13-21)18-4-1-6-20(12-18)22-8-3-9-26(29)15-22/h1,3-4,6-15H,2,5,29H2. The number of hydrogen-bond acceptors (Lipinski definition) is 3. The number of nitriles is 2. The fourth-order valence-corrected chi connectivity index (χ4v) is 3.66. The van der Waals surface area contributed by atoms with Gasteiger partial charge in [0.15, 0.2) is 0 Å². The van der Waals surface area contributed by atoms with E-state index in [1.165, 1.54) is 11.1 Å². The minimum Gasteiger partial charge on any atom is -0.399 e. The number of nitrogen functional groups attached to an aromatic ring is 1. The zero-order valence-electron chi connectivity index (χ0n) is 15.9. The van der Waals surface area contributed by atoms with Crippen LogP contribution in [0.2, 0.25) is 0 Å². The van der Waals surface area contributed by atoms with Gasteiger partial charge in [-0.05, 0) is 76.6 Å². The van der Waals surface area contributed by atoms with Gasteiger partial charge in [-0.25, -0.2) is 0 Å². The largest absolute Gasteiger partial charge is 0.399 e. The zero-order chi connectivity index (χ0) is 20.2. The first kappa shape index (κ1) is 18.3. The van der Waals surface area contributed by atoms with E-state index in [4.69, 9.17) is 11.0 Å². The van der Waals surface area contributed by atoms with E-state index in [2.05, 4.69) is 54.6 Å². The van der Waals surface area contributed by atoms with Gasteiger partial charge in [-0.1, -0.05) is 48.6 Å². The van der Waals surface area contributed by atoms with Crippen LogP contribution in [0.5, 0.6) is 0 Å². The number of anilines is 1. The summed E-state index contributed by atoms with van der Waals surface area (Å²) >= 11 is 0. The Morgan fingerprint density at radius 1 is 0.724 bits per heavy atom. The maximum atomic E-state index is 9.32. The highest BCUT2D eigenvalue weighted by atomic mass is 14.5. The second kappa shape index (κ2) is 7.89. The molecule has 29 heavy (non-hydrogen) atoms. The van der Waals surface area contributed by atoms with Crippen molar-refractivity contribution in [2.24, 2.45) is 0 Å². The molecule has 0 heterocycles. The molecular weight excluding hydrogens is 354 g/mol. The third-order valence-corrected chi connectivity index (χ3v) is 5.15. The Kier molecular flexibility index (Phi) is 4.97. The number of allylic oxidation sites excluding steroid dienone is 4. The van der Waals surface area contributed by atoms with Gasteiger partial charge < -0.3 is 5.73 Å². The highest BCUT2D eigenvalue weighted by molar-refractivity contribution is 5.87. The van der Waals surface area contributed by atoms with Crippen LogP contribution in [0.4, 0.5) is 5.69 Å². The highest BCUT2D eigenvalue weighted by Gasteiger charge is 2.12. The normalized spacial score (nSPS) is 13.0. The quantitative estimate of drug-likeness (QED) is 0.577. The molecule has 3 aromatic rings. The lowest BCUT2D eigenvalue weighted by Crippen LogP contribution is -1.95. The summed E-state index contributed by atoms with van der Waals surface area (Å²) in [5, 5.41) is 18.5. The van der Waals surface area contributed by atoms with E-state index >= 15 is 0 Å². The molecule has 1 aliphatic carbocycles. The van der Waals surface area contributed by atoms with Gasteiger partial charge in [-0.2, -0.15) is 10.5 Å². The SMILES string of the molecule is N#Cc1ccc(C2=CCCC(c3cccc(-c4cccc(N)c4)c3)=C2)cc1C#N.